The SMILES string of the molecule is O=c1cc(-c2ccc([N+](=O)[O-])cc2Cl)oc2cc(O)ccc12. The Balaban J connectivity index is 2.22. The van der Waals surface area contributed by atoms with Crippen molar-refractivity contribution in [2.24, 2.45) is 0 Å². The summed E-state index contributed by atoms with van der Waals surface area (Å²) in [6.45, 7) is 0. The molecule has 0 radical (unpaired) electrons. The highest BCUT2D eigenvalue weighted by Crippen LogP contribution is 2.32. The highest BCUT2D eigenvalue weighted by molar-refractivity contribution is 6.33. The third kappa shape index (κ3) is 2.40. The molecular weight excluding hydrogens is 310 g/mol. The first kappa shape index (κ1) is 14.1. The van der Waals surface area contributed by atoms with Crippen molar-refractivity contribution in [2.75, 3.05) is 0 Å². The van der Waals surface area contributed by atoms with Crippen LogP contribution in [0.25, 0.3) is 22.3 Å². The number of benzene rings is 2. The molecule has 22 heavy (non-hydrogen) atoms. The van der Waals surface area contributed by atoms with Crippen LogP contribution in [0.15, 0.2) is 51.7 Å². The van der Waals surface area contributed by atoms with Crippen LogP contribution in [-0.2, 0) is 0 Å². The predicted molar refractivity (Wildman–Crippen MR) is 81.2 cm³/mol. The molecule has 0 aliphatic heterocycles. The van der Waals surface area contributed by atoms with Crippen LogP contribution >= 0.6 is 11.6 Å². The molecular formula is C15H8ClNO5. The van der Waals surface area contributed by atoms with Crippen LogP contribution in [0.1, 0.15) is 0 Å². The van der Waals surface area contributed by atoms with Crippen LogP contribution in [-0.4, -0.2) is 10.0 Å². The summed E-state index contributed by atoms with van der Waals surface area (Å²) in [5.74, 6) is 0.130. The highest BCUT2D eigenvalue weighted by Gasteiger charge is 2.14. The van der Waals surface area contributed by atoms with Crippen LogP contribution in [0.4, 0.5) is 5.69 Å². The summed E-state index contributed by atoms with van der Waals surface area (Å²) in [6.07, 6.45) is 0. The smallest absolute Gasteiger partial charge is 0.270 e. The molecule has 0 aliphatic carbocycles. The van der Waals surface area contributed by atoms with Crippen molar-refractivity contribution in [1.82, 2.24) is 0 Å². The number of phenolic OH excluding ortho intramolecular Hbond substituents is 1. The molecule has 0 fully saturated rings. The zero-order chi connectivity index (χ0) is 15.9. The quantitative estimate of drug-likeness (QED) is 0.574. The number of non-ortho nitro benzene ring substituents is 1. The molecule has 0 unspecified atom stereocenters. The van der Waals surface area contributed by atoms with E-state index in [0.29, 0.717) is 10.9 Å². The number of aromatic hydroxyl groups is 1. The number of hydrogen-bond donors (Lipinski definition) is 1. The molecule has 110 valence electrons. The summed E-state index contributed by atoms with van der Waals surface area (Å²) < 4.78 is 5.58. The summed E-state index contributed by atoms with van der Waals surface area (Å²) in [7, 11) is 0. The molecule has 0 aliphatic rings. The van der Waals surface area contributed by atoms with E-state index in [2.05, 4.69) is 0 Å². The Morgan fingerprint density at radius 1 is 1.14 bits per heavy atom. The van der Waals surface area contributed by atoms with Gasteiger partial charge in [0.05, 0.1) is 15.3 Å². The van der Waals surface area contributed by atoms with Crippen LogP contribution in [0, 0.1) is 10.1 Å². The topological polar surface area (TPSA) is 93.6 Å². The molecule has 2 aromatic carbocycles. The van der Waals surface area contributed by atoms with Crippen LogP contribution in [0.5, 0.6) is 5.75 Å². The van der Waals surface area contributed by atoms with Gasteiger partial charge in [-0.2, -0.15) is 0 Å². The molecule has 3 rings (SSSR count). The largest absolute Gasteiger partial charge is 0.508 e. The number of nitrogens with zero attached hydrogens (tertiary/aromatic N) is 1. The number of phenols is 1. The van der Waals surface area contributed by atoms with Gasteiger partial charge in [0.1, 0.15) is 17.1 Å². The van der Waals surface area contributed by atoms with Crippen molar-refractivity contribution in [2.45, 2.75) is 0 Å². The second kappa shape index (κ2) is 5.16. The summed E-state index contributed by atoms with van der Waals surface area (Å²) >= 11 is 6.03. The zero-order valence-electron chi connectivity index (χ0n) is 10.9. The van der Waals surface area contributed by atoms with Crippen molar-refractivity contribution < 1.29 is 14.4 Å². The Bertz CT molecular complexity index is 964. The van der Waals surface area contributed by atoms with Gasteiger partial charge >= 0.3 is 0 Å². The van der Waals surface area contributed by atoms with E-state index in [4.69, 9.17) is 16.0 Å². The van der Waals surface area contributed by atoms with E-state index in [-0.39, 0.29) is 33.2 Å². The minimum Gasteiger partial charge on any atom is -0.508 e. The average molecular weight is 318 g/mol. The van der Waals surface area contributed by atoms with Gasteiger partial charge in [-0.15, -0.1) is 0 Å². The second-order valence-corrected chi connectivity index (χ2v) is 4.98. The van der Waals surface area contributed by atoms with Gasteiger partial charge in [0.2, 0.25) is 0 Å². The number of fused-ring (bicyclic) bond motifs is 1. The highest BCUT2D eigenvalue weighted by atomic mass is 35.5. The van der Waals surface area contributed by atoms with Gasteiger partial charge in [0.25, 0.3) is 5.69 Å². The van der Waals surface area contributed by atoms with Gasteiger partial charge in [-0.25, -0.2) is 0 Å². The summed E-state index contributed by atoms with van der Waals surface area (Å²) in [5, 5.41) is 20.6. The fourth-order valence-corrected chi connectivity index (χ4v) is 2.36. The molecule has 1 heterocycles. The number of rotatable bonds is 2. The molecule has 0 bridgehead atoms. The van der Waals surface area contributed by atoms with Gasteiger partial charge in [-0.05, 0) is 18.2 Å². The Morgan fingerprint density at radius 3 is 2.59 bits per heavy atom. The fraction of sp³-hybridized carbons (Fsp3) is 0. The molecule has 6 nitrogen and oxygen atoms in total. The van der Waals surface area contributed by atoms with Crippen LogP contribution in [0.2, 0.25) is 5.02 Å². The Morgan fingerprint density at radius 2 is 1.91 bits per heavy atom. The van der Waals surface area contributed by atoms with Crippen molar-refractivity contribution in [3.63, 3.8) is 0 Å². The van der Waals surface area contributed by atoms with E-state index < -0.39 is 4.92 Å². The van der Waals surface area contributed by atoms with Crippen LogP contribution in [0.3, 0.4) is 0 Å². The summed E-state index contributed by atoms with van der Waals surface area (Å²) in [5.41, 5.74) is 0.103. The van der Waals surface area contributed by atoms with E-state index in [1.807, 2.05) is 0 Å². The first-order valence-corrected chi connectivity index (χ1v) is 6.55. The van der Waals surface area contributed by atoms with E-state index in [0.717, 1.165) is 0 Å². The lowest BCUT2D eigenvalue weighted by atomic mass is 10.1. The molecule has 3 aromatic rings. The fourth-order valence-electron chi connectivity index (χ4n) is 2.09. The molecule has 1 N–H and O–H groups in total. The Hall–Kier alpha value is -2.86. The zero-order valence-corrected chi connectivity index (χ0v) is 11.7. The summed E-state index contributed by atoms with van der Waals surface area (Å²) in [4.78, 5) is 22.2. The Kier molecular flexibility index (Phi) is 3.30. The lowest BCUT2D eigenvalue weighted by Gasteiger charge is -2.05. The van der Waals surface area contributed by atoms with Gasteiger partial charge in [-0.1, -0.05) is 11.6 Å². The molecule has 0 spiro atoms. The predicted octanol–water partition coefficient (Wildman–Crippen LogP) is 3.73. The van der Waals surface area contributed by atoms with Gasteiger partial charge in [-0.3, -0.25) is 14.9 Å². The van der Waals surface area contributed by atoms with Crippen molar-refractivity contribution in [1.29, 1.82) is 0 Å². The lowest BCUT2D eigenvalue weighted by molar-refractivity contribution is -0.384. The van der Waals surface area contributed by atoms with Crippen molar-refractivity contribution in [3.05, 3.63) is 67.8 Å². The number of nitro benzene ring substituents is 1. The van der Waals surface area contributed by atoms with Crippen molar-refractivity contribution in [3.8, 4) is 17.1 Å². The average Bonchev–Trinajstić information content (AvgIpc) is 2.46. The maximum absolute atomic E-state index is 12.1. The molecule has 1 aromatic heterocycles. The minimum absolute atomic E-state index is 0.0393. The lowest BCUT2D eigenvalue weighted by Crippen LogP contribution is -2.00. The molecule has 0 saturated carbocycles. The first-order chi connectivity index (χ1) is 10.5. The maximum Gasteiger partial charge on any atom is 0.270 e. The van der Waals surface area contributed by atoms with E-state index in [1.165, 1.54) is 42.5 Å². The van der Waals surface area contributed by atoms with E-state index >= 15 is 0 Å². The van der Waals surface area contributed by atoms with Gasteiger partial charge < -0.3 is 9.52 Å². The molecule has 0 amide bonds. The monoisotopic (exact) mass is 317 g/mol. The van der Waals surface area contributed by atoms with E-state index in [9.17, 15) is 20.0 Å². The maximum atomic E-state index is 12.1. The number of nitro groups is 1. The molecule has 0 saturated heterocycles. The third-order valence-electron chi connectivity index (χ3n) is 3.14. The summed E-state index contributed by atoms with van der Waals surface area (Å²) in [6, 6.07) is 9.28. The number of hydrogen-bond acceptors (Lipinski definition) is 5. The van der Waals surface area contributed by atoms with Gasteiger partial charge in [0.15, 0.2) is 5.43 Å². The van der Waals surface area contributed by atoms with Gasteiger partial charge in [0, 0.05) is 29.8 Å². The van der Waals surface area contributed by atoms with E-state index in [1.54, 1.807) is 0 Å². The Labute approximate surface area is 128 Å². The molecule has 7 heteroatoms. The van der Waals surface area contributed by atoms with Crippen LogP contribution < -0.4 is 5.43 Å². The second-order valence-electron chi connectivity index (χ2n) is 4.58. The molecule has 0 atom stereocenters. The van der Waals surface area contributed by atoms with Crippen molar-refractivity contribution >= 4 is 28.3 Å². The normalized spacial score (nSPS) is 10.8. The standard InChI is InChI=1S/C15H8ClNO5/c16-12-5-8(17(20)21)1-3-10(12)15-7-13(19)11-4-2-9(18)6-14(11)22-15/h1-7,18H. The third-order valence-corrected chi connectivity index (χ3v) is 3.45. The first-order valence-electron chi connectivity index (χ1n) is 6.17. The minimum atomic E-state index is -0.565. The number of halogens is 1.